The van der Waals surface area contributed by atoms with E-state index in [1.165, 1.54) is 5.56 Å². The van der Waals surface area contributed by atoms with E-state index in [2.05, 4.69) is 85.9 Å². The van der Waals surface area contributed by atoms with Crippen LogP contribution in [0.15, 0.2) is 29.6 Å². The molecule has 1 aromatic carbocycles. The molecule has 2 aromatic rings. The van der Waals surface area contributed by atoms with Crippen molar-refractivity contribution in [2.24, 2.45) is 10.8 Å². The summed E-state index contributed by atoms with van der Waals surface area (Å²) in [5.74, 6) is 0.833. The minimum atomic E-state index is -0.935. The summed E-state index contributed by atoms with van der Waals surface area (Å²) >= 11 is 1.63. The predicted molar refractivity (Wildman–Crippen MR) is 152 cm³/mol. The number of benzene rings is 1. The summed E-state index contributed by atoms with van der Waals surface area (Å²) < 4.78 is 19.5. The topological polar surface area (TPSA) is 47.9 Å². The molecule has 1 N–H and O–H groups in total. The van der Waals surface area contributed by atoms with Gasteiger partial charge in [0.05, 0.1) is 18.3 Å². The minimum Gasteiger partial charge on any atom is -0.488 e. The molecule has 0 bridgehead atoms. The van der Waals surface area contributed by atoms with Gasteiger partial charge in [0.2, 0.25) is 18.1 Å². The first-order valence-corrected chi connectivity index (χ1v) is 18.3. The highest BCUT2D eigenvalue weighted by Crippen LogP contribution is 2.46. The van der Waals surface area contributed by atoms with Gasteiger partial charge in [0, 0.05) is 4.88 Å². The summed E-state index contributed by atoms with van der Waals surface area (Å²) in [6, 6.07) is 8.47. The number of rotatable bonds is 11. The van der Waals surface area contributed by atoms with Crippen LogP contribution in [-0.2, 0) is 15.5 Å². The van der Waals surface area contributed by atoms with Gasteiger partial charge in [0.15, 0.2) is 0 Å². The van der Waals surface area contributed by atoms with Crippen molar-refractivity contribution in [2.75, 3.05) is 0 Å². The first-order chi connectivity index (χ1) is 16.1. The third kappa shape index (κ3) is 8.83. The fraction of sp³-hybridized carbons (Fsp3) is 0.643. The first kappa shape index (κ1) is 30.3. The zero-order chi connectivity index (χ0) is 26.6. The lowest BCUT2D eigenvalue weighted by Gasteiger charge is -2.39. The maximum absolute atomic E-state index is 10.1. The molecule has 196 valence electrons. The number of thiophene rings is 1. The monoisotopic (exact) mass is 534 g/mol. The Labute approximate surface area is 221 Å². The molecule has 0 aliphatic rings. The van der Waals surface area contributed by atoms with Gasteiger partial charge in [-0.1, -0.05) is 54.5 Å². The molecule has 7 heteroatoms. The Balaban J connectivity index is 2.49. The normalized spacial score (nSPS) is 15.5. The Morgan fingerprint density at radius 1 is 0.857 bits per heavy atom. The highest BCUT2D eigenvalue weighted by atomic mass is 32.1. The SMILES string of the molecule is CCC(O)c1csc(COc2ccc(C(O[Si](C)C)C(C)(C)C)c(C(O[Si](C)C)C(C)(C)C)c2)c1. The van der Waals surface area contributed by atoms with Crippen LogP contribution in [0.2, 0.25) is 26.2 Å². The quantitative estimate of drug-likeness (QED) is 0.294. The number of ether oxygens (including phenoxy) is 1. The lowest BCUT2D eigenvalue weighted by atomic mass is 9.77. The van der Waals surface area contributed by atoms with Crippen LogP contribution in [0.25, 0.3) is 0 Å². The number of aliphatic hydroxyl groups is 1. The molecular formula is C28H46O4SSi2. The second-order valence-electron chi connectivity index (χ2n) is 11.9. The lowest BCUT2D eigenvalue weighted by Crippen LogP contribution is -2.31. The van der Waals surface area contributed by atoms with Crippen LogP contribution in [0.1, 0.15) is 94.8 Å². The maximum Gasteiger partial charge on any atom is 0.205 e. The molecule has 1 heterocycles. The van der Waals surface area contributed by atoms with Crippen LogP contribution in [0, 0.1) is 10.8 Å². The molecule has 0 fully saturated rings. The third-order valence-corrected chi connectivity index (χ3v) is 8.07. The fourth-order valence-corrected chi connectivity index (χ4v) is 6.78. The van der Waals surface area contributed by atoms with E-state index < -0.39 is 24.2 Å². The van der Waals surface area contributed by atoms with Gasteiger partial charge in [0.1, 0.15) is 12.4 Å². The van der Waals surface area contributed by atoms with Crippen molar-refractivity contribution in [1.82, 2.24) is 0 Å². The molecular weight excluding hydrogens is 489 g/mol. The lowest BCUT2D eigenvalue weighted by molar-refractivity contribution is 0.0653. The second-order valence-corrected chi connectivity index (χ2v) is 17.0. The van der Waals surface area contributed by atoms with Crippen molar-refractivity contribution in [3.05, 3.63) is 51.2 Å². The van der Waals surface area contributed by atoms with E-state index in [0.717, 1.165) is 21.8 Å². The highest BCUT2D eigenvalue weighted by Gasteiger charge is 2.36. The zero-order valence-corrected chi connectivity index (χ0v) is 26.4. The summed E-state index contributed by atoms with van der Waals surface area (Å²) in [4.78, 5) is 1.11. The molecule has 0 aliphatic heterocycles. The Kier molecular flexibility index (Phi) is 10.8. The molecule has 35 heavy (non-hydrogen) atoms. The van der Waals surface area contributed by atoms with Crippen LogP contribution in [0.5, 0.6) is 5.75 Å². The van der Waals surface area contributed by atoms with E-state index >= 15 is 0 Å². The number of hydrogen-bond donors (Lipinski definition) is 1. The molecule has 2 radical (unpaired) electrons. The van der Waals surface area contributed by atoms with Crippen LogP contribution < -0.4 is 4.74 Å². The van der Waals surface area contributed by atoms with E-state index in [1.54, 1.807) is 11.3 Å². The molecule has 2 rings (SSSR count). The van der Waals surface area contributed by atoms with Gasteiger partial charge >= 0.3 is 0 Å². The van der Waals surface area contributed by atoms with Gasteiger partial charge < -0.3 is 18.7 Å². The molecule has 0 spiro atoms. The van der Waals surface area contributed by atoms with Gasteiger partial charge in [-0.25, -0.2) is 0 Å². The van der Waals surface area contributed by atoms with Crippen LogP contribution in [0.3, 0.4) is 0 Å². The maximum atomic E-state index is 10.1. The fourth-order valence-electron chi connectivity index (χ4n) is 4.03. The Hall–Kier alpha value is -0.966. The van der Waals surface area contributed by atoms with Gasteiger partial charge in [0.25, 0.3) is 0 Å². The zero-order valence-electron chi connectivity index (χ0n) is 23.6. The Morgan fingerprint density at radius 2 is 1.40 bits per heavy atom. The van der Waals surface area contributed by atoms with Crippen molar-refractivity contribution >= 4 is 29.4 Å². The van der Waals surface area contributed by atoms with Gasteiger partial charge in [-0.2, -0.15) is 0 Å². The predicted octanol–water partition coefficient (Wildman–Crippen LogP) is 8.48. The second kappa shape index (κ2) is 12.5. The van der Waals surface area contributed by atoms with Gasteiger partial charge in [-0.15, -0.1) is 11.3 Å². The summed E-state index contributed by atoms with van der Waals surface area (Å²) in [6.45, 7) is 24.7. The molecule has 0 amide bonds. The Bertz CT molecular complexity index is 928. The average Bonchev–Trinajstić information content (AvgIpc) is 3.21. The average molecular weight is 535 g/mol. The van der Waals surface area contributed by atoms with Gasteiger partial charge in [-0.3, -0.25) is 0 Å². The minimum absolute atomic E-state index is 0.0244. The number of hydrogen-bond acceptors (Lipinski definition) is 5. The van der Waals surface area contributed by atoms with E-state index in [9.17, 15) is 5.11 Å². The van der Waals surface area contributed by atoms with E-state index in [1.807, 2.05) is 18.4 Å². The molecule has 3 unspecified atom stereocenters. The first-order valence-electron chi connectivity index (χ1n) is 12.6. The van der Waals surface area contributed by atoms with E-state index in [4.69, 9.17) is 13.6 Å². The standard InChI is InChI=1S/C28H46O4SSi2/c1-12-24(29)19-15-21(33-18-19)17-30-20-13-14-22(25(27(2,3)4)31-34(8)9)23(16-20)26(28(5,6)7)32-35(10)11/h13-16,18,24-26,29H,12,17H2,1-11H3. The summed E-state index contributed by atoms with van der Waals surface area (Å²) in [7, 11) is -1.84. The molecule has 1 aromatic heterocycles. The summed E-state index contributed by atoms with van der Waals surface area (Å²) in [5, 5.41) is 12.2. The summed E-state index contributed by atoms with van der Waals surface area (Å²) in [5.41, 5.74) is 3.20. The Morgan fingerprint density at radius 3 is 1.89 bits per heavy atom. The van der Waals surface area contributed by atoms with Crippen molar-refractivity contribution < 1.29 is 18.7 Å². The molecule has 3 atom stereocenters. The largest absolute Gasteiger partial charge is 0.488 e. The van der Waals surface area contributed by atoms with E-state index in [0.29, 0.717) is 13.0 Å². The number of aliphatic hydroxyl groups excluding tert-OH is 1. The molecule has 0 saturated heterocycles. The molecule has 0 aliphatic carbocycles. The van der Waals surface area contributed by atoms with Crippen molar-refractivity contribution in [3.8, 4) is 5.75 Å². The summed E-state index contributed by atoms with van der Waals surface area (Å²) in [6.07, 6.45) is 0.219. The van der Waals surface area contributed by atoms with Crippen molar-refractivity contribution in [2.45, 2.75) is 106 Å². The highest BCUT2D eigenvalue weighted by molar-refractivity contribution is 7.10. The van der Waals surface area contributed by atoms with Crippen LogP contribution >= 0.6 is 11.3 Å². The van der Waals surface area contributed by atoms with Gasteiger partial charge in [-0.05, 0) is 83.7 Å². The van der Waals surface area contributed by atoms with Crippen LogP contribution in [0.4, 0.5) is 0 Å². The smallest absolute Gasteiger partial charge is 0.205 e. The van der Waals surface area contributed by atoms with Crippen molar-refractivity contribution in [1.29, 1.82) is 0 Å². The van der Waals surface area contributed by atoms with E-state index in [-0.39, 0.29) is 23.0 Å². The molecule has 4 nitrogen and oxygen atoms in total. The van der Waals surface area contributed by atoms with Crippen LogP contribution in [-0.4, -0.2) is 23.2 Å². The third-order valence-electron chi connectivity index (χ3n) is 5.73. The van der Waals surface area contributed by atoms with Crippen molar-refractivity contribution in [3.63, 3.8) is 0 Å². The molecule has 0 saturated carbocycles.